The predicted molar refractivity (Wildman–Crippen MR) is 83.9 cm³/mol. The molecule has 21 heavy (non-hydrogen) atoms. The summed E-state index contributed by atoms with van der Waals surface area (Å²) < 4.78 is 6.24. The third-order valence-electron chi connectivity index (χ3n) is 5.22. The average molecular weight is 306 g/mol. The van der Waals surface area contributed by atoms with Gasteiger partial charge in [-0.3, -0.25) is 4.90 Å². The minimum atomic E-state index is 0.339. The topological polar surface area (TPSA) is 39.5 Å². The van der Waals surface area contributed by atoms with E-state index in [-0.39, 0.29) is 0 Å². The van der Waals surface area contributed by atoms with E-state index in [0.717, 1.165) is 37.2 Å². The number of thiazole rings is 1. The highest BCUT2D eigenvalue weighted by Crippen LogP contribution is 2.33. The van der Waals surface area contributed by atoms with E-state index in [0.29, 0.717) is 12.0 Å². The van der Waals surface area contributed by atoms with Crippen molar-refractivity contribution in [3.05, 3.63) is 10.6 Å². The van der Waals surface area contributed by atoms with Crippen molar-refractivity contribution < 1.29 is 4.74 Å². The van der Waals surface area contributed by atoms with Gasteiger partial charge in [-0.05, 0) is 19.3 Å². The Morgan fingerprint density at radius 1 is 1.29 bits per heavy atom. The molecule has 0 N–H and O–H groups in total. The van der Waals surface area contributed by atoms with Crippen LogP contribution in [0.4, 0.5) is 0 Å². The van der Waals surface area contributed by atoms with Crippen molar-refractivity contribution in [2.24, 2.45) is 5.92 Å². The van der Waals surface area contributed by atoms with Gasteiger partial charge in [0.05, 0.1) is 5.69 Å². The molecule has 1 saturated carbocycles. The molecule has 0 bridgehead atoms. The number of hydrogen-bond donors (Lipinski definition) is 0. The van der Waals surface area contributed by atoms with Gasteiger partial charge in [0.2, 0.25) is 0 Å². The third-order valence-corrected chi connectivity index (χ3v) is 6.20. The highest BCUT2D eigenvalue weighted by molar-refractivity contribution is 7.13. The van der Waals surface area contributed by atoms with Crippen LogP contribution < -0.4 is 10.1 Å². The number of aromatic nitrogens is 1. The number of likely N-dealkylation sites (tertiary alicyclic amines) is 1. The molecule has 2 unspecified atom stereocenters. The smallest absolute Gasteiger partial charge is 0.273 e. The van der Waals surface area contributed by atoms with Gasteiger partial charge < -0.3 is 4.74 Å². The van der Waals surface area contributed by atoms with Crippen LogP contribution in [0.2, 0.25) is 0 Å². The second-order valence-electron chi connectivity index (χ2n) is 6.71. The number of nitrogens with zero attached hydrogens (tertiary/aromatic N) is 3. The van der Waals surface area contributed by atoms with Crippen LogP contribution >= 0.6 is 11.3 Å². The van der Waals surface area contributed by atoms with Crippen LogP contribution in [-0.2, 0) is 13.0 Å². The molecule has 5 heteroatoms. The molecule has 1 radical (unpaired) electrons. The second-order valence-corrected chi connectivity index (χ2v) is 7.75. The molecular weight excluding hydrogens is 282 g/mol. The molecule has 1 aromatic rings. The van der Waals surface area contributed by atoms with Crippen molar-refractivity contribution >= 4 is 11.3 Å². The fraction of sp³-hybridized carbons (Fsp3) is 0.812. The first-order valence-electron chi connectivity index (χ1n) is 8.32. The highest BCUT2D eigenvalue weighted by Gasteiger charge is 2.34. The quantitative estimate of drug-likeness (QED) is 0.861. The molecule has 4 rings (SSSR count). The zero-order chi connectivity index (χ0) is 14.2. The Morgan fingerprint density at radius 2 is 2.19 bits per heavy atom. The molecule has 2 fully saturated rings. The monoisotopic (exact) mass is 306 g/mol. The number of hydrogen-bond acceptors (Lipinski definition) is 4. The molecule has 4 nitrogen and oxygen atoms in total. The van der Waals surface area contributed by atoms with E-state index in [9.17, 15) is 0 Å². The molecule has 1 aromatic heterocycles. The van der Waals surface area contributed by atoms with Crippen molar-refractivity contribution in [3.8, 4) is 5.19 Å². The number of rotatable bonds is 3. The first-order chi connectivity index (χ1) is 10.3. The van der Waals surface area contributed by atoms with E-state index in [1.807, 2.05) is 0 Å². The molecular formula is C16H24N3OS. The Labute approximate surface area is 130 Å². The Morgan fingerprint density at radius 3 is 2.90 bits per heavy atom. The van der Waals surface area contributed by atoms with Crippen molar-refractivity contribution in [1.29, 1.82) is 0 Å². The maximum atomic E-state index is 6.24. The summed E-state index contributed by atoms with van der Waals surface area (Å²) >= 11 is 1.71. The standard InChI is InChI=1S/C16H24N3OS/c1-11-10-19(12-3-2-4-12)8-6-14(11)20-16-18-13-5-7-17-9-15(13)21-16/h11-12,14H,2-10H2,1H3. The van der Waals surface area contributed by atoms with Gasteiger partial charge in [0.1, 0.15) is 6.10 Å². The van der Waals surface area contributed by atoms with Crippen molar-refractivity contribution in [1.82, 2.24) is 15.2 Å². The van der Waals surface area contributed by atoms with E-state index in [4.69, 9.17) is 4.74 Å². The van der Waals surface area contributed by atoms with Gasteiger partial charge in [-0.25, -0.2) is 10.3 Å². The number of ether oxygens (including phenoxy) is 1. The van der Waals surface area contributed by atoms with E-state index >= 15 is 0 Å². The van der Waals surface area contributed by atoms with Crippen LogP contribution in [-0.4, -0.2) is 41.7 Å². The maximum Gasteiger partial charge on any atom is 0.273 e. The molecule has 3 heterocycles. The largest absolute Gasteiger partial charge is 0.466 e. The lowest BCUT2D eigenvalue weighted by molar-refractivity contribution is 0.0127. The van der Waals surface area contributed by atoms with E-state index in [1.54, 1.807) is 11.3 Å². The van der Waals surface area contributed by atoms with Crippen LogP contribution in [0.3, 0.4) is 0 Å². The lowest BCUT2D eigenvalue weighted by Crippen LogP contribution is -2.50. The van der Waals surface area contributed by atoms with Crippen molar-refractivity contribution in [2.45, 2.75) is 57.7 Å². The first kappa shape index (κ1) is 14.0. The van der Waals surface area contributed by atoms with Crippen molar-refractivity contribution in [3.63, 3.8) is 0 Å². The molecule has 0 amide bonds. The summed E-state index contributed by atoms with van der Waals surface area (Å²) in [6, 6.07) is 0.863. The Balaban J connectivity index is 1.37. The van der Waals surface area contributed by atoms with E-state index in [2.05, 4.69) is 22.1 Å². The van der Waals surface area contributed by atoms with Crippen LogP contribution in [0.25, 0.3) is 0 Å². The number of fused-ring (bicyclic) bond motifs is 1. The summed E-state index contributed by atoms with van der Waals surface area (Å²) in [7, 11) is 0. The normalized spacial score (nSPS) is 30.7. The number of piperidine rings is 1. The SMILES string of the molecule is CC1CN(C2CCC2)CCC1Oc1nc2c(s1)C[N]CC2. The molecule has 1 aliphatic carbocycles. The third kappa shape index (κ3) is 2.83. The minimum absolute atomic E-state index is 0.339. The van der Waals surface area contributed by atoms with Gasteiger partial charge in [0.25, 0.3) is 5.19 Å². The molecule has 0 spiro atoms. The summed E-state index contributed by atoms with van der Waals surface area (Å²) in [6.07, 6.45) is 6.70. The zero-order valence-corrected chi connectivity index (χ0v) is 13.6. The lowest BCUT2D eigenvalue weighted by Gasteiger charge is -2.44. The van der Waals surface area contributed by atoms with Crippen LogP contribution in [0, 0.1) is 5.92 Å². The van der Waals surface area contributed by atoms with Gasteiger partial charge in [-0.2, -0.15) is 0 Å². The molecule has 1 saturated heterocycles. The van der Waals surface area contributed by atoms with Gasteiger partial charge >= 0.3 is 0 Å². The summed E-state index contributed by atoms with van der Waals surface area (Å²) in [5, 5.41) is 5.33. The maximum absolute atomic E-state index is 6.24. The van der Waals surface area contributed by atoms with Gasteiger partial charge in [0, 0.05) is 49.4 Å². The zero-order valence-electron chi connectivity index (χ0n) is 12.8. The summed E-state index contributed by atoms with van der Waals surface area (Å²) in [5.41, 5.74) is 1.23. The van der Waals surface area contributed by atoms with Crippen LogP contribution in [0.15, 0.2) is 0 Å². The predicted octanol–water partition coefficient (Wildman–Crippen LogP) is 2.45. The second kappa shape index (κ2) is 5.86. The van der Waals surface area contributed by atoms with Crippen LogP contribution in [0.5, 0.6) is 5.19 Å². The Hall–Kier alpha value is -0.650. The first-order valence-corrected chi connectivity index (χ1v) is 9.14. The molecule has 2 aliphatic heterocycles. The van der Waals surface area contributed by atoms with E-state index in [1.165, 1.54) is 42.9 Å². The fourth-order valence-electron chi connectivity index (χ4n) is 3.64. The van der Waals surface area contributed by atoms with Gasteiger partial charge in [-0.1, -0.05) is 24.7 Å². The van der Waals surface area contributed by atoms with Crippen molar-refractivity contribution in [2.75, 3.05) is 19.6 Å². The average Bonchev–Trinajstić information content (AvgIpc) is 2.82. The molecule has 115 valence electrons. The Bertz CT molecular complexity index is 476. The summed E-state index contributed by atoms with van der Waals surface area (Å²) in [4.78, 5) is 8.68. The summed E-state index contributed by atoms with van der Waals surface area (Å²) in [6.45, 7) is 6.48. The molecule has 2 atom stereocenters. The minimum Gasteiger partial charge on any atom is -0.466 e. The lowest BCUT2D eigenvalue weighted by atomic mass is 9.87. The molecule has 0 aromatic carbocycles. The van der Waals surface area contributed by atoms with Gasteiger partial charge in [-0.15, -0.1) is 0 Å². The molecule has 3 aliphatic rings. The summed E-state index contributed by atoms with van der Waals surface area (Å²) in [5.74, 6) is 0.602. The fourth-order valence-corrected chi connectivity index (χ4v) is 4.60. The van der Waals surface area contributed by atoms with Crippen LogP contribution in [0.1, 0.15) is 43.2 Å². The van der Waals surface area contributed by atoms with E-state index < -0.39 is 0 Å². The highest BCUT2D eigenvalue weighted by atomic mass is 32.1. The Kier molecular flexibility index (Phi) is 3.90. The van der Waals surface area contributed by atoms with Gasteiger partial charge in [0.15, 0.2) is 0 Å².